The number of amides is 2. The number of anilines is 1. The fraction of sp³-hybridized carbons (Fsp3) is 0.562. The van der Waals surface area contributed by atoms with Crippen LogP contribution in [-0.2, 0) is 0 Å². The average molecular weight is 262 g/mol. The first-order valence-electron chi connectivity index (χ1n) is 7.04. The normalized spacial score (nSPS) is 12.3. The summed E-state index contributed by atoms with van der Waals surface area (Å²) >= 11 is 0. The van der Waals surface area contributed by atoms with E-state index >= 15 is 0 Å². The third-order valence-corrected chi connectivity index (χ3v) is 3.41. The number of carbonyl (C=O) groups is 1. The largest absolute Gasteiger partial charge is 0.335 e. The maximum atomic E-state index is 11.9. The van der Waals surface area contributed by atoms with E-state index in [-0.39, 0.29) is 12.1 Å². The van der Waals surface area contributed by atoms with Crippen LogP contribution in [0.2, 0.25) is 0 Å². The molecule has 0 bridgehead atoms. The van der Waals surface area contributed by atoms with Gasteiger partial charge in [-0.1, -0.05) is 26.0 Å². The third-order valence-electron chi connectivity index (χ3n) is 3.41. The van der Waals surface area contributed by atoms with Crippen LogP contribution in [-0.4, -0.2) is 12.1 Å². The maximum Gasteiger partial charge on any atom is 0.319 e. The number of urea groups is 1. The van der Waals surface area contributed by atoms with E-state index in [1.165, 1.54) is 5.56 Å². The lowest BCUT2D eigenvalue weighted by molar-refractivity contribution is 0.248. The van der Waals surface area contributed by atoms with Crippen LogP contribution in [0.4, 0.5) is 10.5 Å². The van der Waals surface area contributed by atoms with Crippen molar-refractivity contribution in [2.24, 2.45) is 5.92 Å². The first kappa shape index (κ1) is 15.5. The molecule has 0 radical (unpaired) electrons. The standard InChI is InChI=1S/C16H26N2O/c1-11(2)9-10-13(4)17-16(19)18-15-8-6-7-12(3)14(15)5/h6-8,11,13H,9-10H2,1-5H3,(H2,17,18,19). The van der Waals surface area contributed by atoms with Gasteiger partial charge in [0.05, 0.1) is 0 Å². The fourth-order valence-electron chi connectivity index (χ4n) is 1.92. The molecule has 2 amide bonds. The minimum atomic E-state index is -0.120. The van der Waals surface area contributed by atoms with Gasteiger partial charge in [-0.05, 0) is 56.7 Å². The summed E-state index contributed by atoms with van der Waals surface area (Å²) in [6.07, 6.45) is 2.14. The Balaban J connectivity index is 2.49. The van der Waals surface area contributed by atoms with Crippen LogP contribution in [0, 0.1) is 19.8 Å². The maximum absolute atomic E-state index is 11.9. The Bertz CT molecular complexity index is 427. The zero-order chi connectivity index (χ0) is 14.4. The quantitative estimate of drug-likeness (QED) is 0.818. The summed E-state index contributed by atoms with van der Waals surface area (Å²) < 4.78 is 0. The van der Waals surface area contributed by atoms with Crippen molar-refractivity contribution in [1.82, 2.24) is 5.32 Å². The molecule has 1 unspecified atom stereocenters. The van der Waals surface area contributed by atoms with Gasteiger partial charge < -0.3 is 10.6 Å². The van der Waals surface area contributed by atoms with Crippen LogP contribution in [0.15, 0.2) is 18.2 Å². The molecule has 1 rings (SSSR count). The van der Waals surface area contributed by atoms with Crippen molar-refractivity contribution < 1.29 is 4.79 Å². The number of nitrogens with one attached hydrogen (secondary N) is 2. The molecule has 1 aromatic carbocycles. The second-order valence-electron chi connectivity index (χ2n) is 5.72. The van der Waals surface area contributed by atoms with Gasteiger partial charge >= 0.3 is 6.03 Å². The number of rotatable bonds is 5. The van der Waals surface area contributed by atoms with Crippen LogP contribution < -0.4 is 10.6 Å². The van der Waals surface area contributed by atoms with E-state index in [2.05, 4.69) is 24.5 Å². The smallest absolute Gasteiger partial charge is 0.319 e. The molecule has 3 heteroatoms. The molecule has 1 aromatic rings. The first-order chi connectivity index (χ1) is 8.90. The highest BCUT2D eigenvalue weighted by atomic mass is 16.2. The fourth-order valence-corrected chi connectivity index (χ4v) is 1.92. The predicted molar refractivity (Wildman–Crippen MR) is 81.6 cm³/mol. The highest BCUT2D eigenvalue weighted by Crippen LogP contribution is 2.17. The van der Waals surface area contributed by atoms with E-state index in [0.29, 0.717) is 5.92 Å². The molecule has 0 aliphatic carbocycles. The van der Waals surface area contributed by atoms with E-state index < -0.39 is 0 Å². The topological polar surface area (TPSA) is 41.1 Å². The molecule has 0 saturated heterocycles. The summed E-state index contributed by atoms with van der Waals surface area (Å²) in [5.74, 6) is 0.673. The van der Waals surface area contributed by atoms with Crippen molar-refractivity contribution in [3.63, 3.8) is 0 Å². The molecule has 19 heavy (non-hydrogen) atoms. The lowest BCUT2D eigenvalue weighted by atomic mass is 10.0. The van der Waals surface area contributed by atoms with Crippen molar-refractivity contribution in [1.29, 1.82) is 0 Å². The Morgan fingerprint density at radius 1 is 1.16 bits per heavy atom. The molecule has 0 aliphatic rings. The van der Waals surface area contributed by atoms with Gasteiger partial charge in [0.2, 0.25) is 0 Å². The van der Waals surface area contributed by atoms with Gasteiger partial charge in [0.25, 0.3) is 0 Å². The molecule has 106 valence electrons. The zero-order valence-electron chi connectivity index (χ0n) is 12.7. The number of benzene rings is 1. The van der Waals surface area contributed by atoms with Crippen molar-refractivity contribution >= 4 is 11.7 Å². The van der Waals surface area contributed by atoms with E-state index in [0.717, 1.165) is 24.1 Å². The zero-order valence-corrected chi connectivity index (χ0v) is 12.7. The molecule has 0 aromatic heterocycles. The Hall–Kier alpha value is -1.51. The second kappa shape index (κ2) is 7.17. The summed E-state index contributed by atoms with van der Waals surface area (Å²) in [4.78, 5) is 11.9. The van der Waals surface area contributed by atoms with Crippen LogP contribution in [0.5, 0.6) is 0 Å². The van der Waals surface area contributed by atoms with Gasteiger partial charge in [-0.3, -0.25) is 0 Å². The molecule has 1 atom stereocenters. The van der Waals surface area contributed by atoms with Crippen LogP contribution in [0.3, 0.4) is 0 Å². The summed E-state index contributed by atoms with van der Waals surface area (Å²) in [5.41, 5.74) is 3.19. The van der Waals surface area contributed by atoms with Gasteiger partial charge in [-0.15, -0.1) is 0 Å². The van der Waals surface area contributed by atoms with Crippen molar-refractivity contribution in [3.05, 3.63) is 29.3 Å². The molecule has 0 fully saturated rings. The van der Waals surface area contributed by atoms with E-state index in [4.69, 9.17) is 0 Å². The third kappa shape index (κ3) is 5.33. The van der Waals surface area contributed by atoms with Gasteiger partial charge in [0.15, 0.2) is 0 Å². The Kier molecular flexibility index (Phi) is 5.87. The Labute approximate surface area is 116 Å². The lowest BCUT2D eigenvalue weighted by Gasteiger charge is -2.17. The molecule has 2 N–H and O–H groups in total. The highest BCUT2D eigenvalue weighted by molar-refractivity contribution is 5.90. The van der Waals surface area contributed by atoms with Crippen LogP contribution in [0.1, 0.15) is 44.7 Å². The van der Waals surface area contributed by atoms with Gasteiger partial charge in [0.1, 0.15) is 0 Å². The Morgan fingerprint density at radius 2 is 1.84 bits per heavy atom. The van der Waals surface area contributed by atoms with E-state index in [1.54, 1.807) is 0 Å². The molecule has 0 aliphatic heterocycles. The Morgan fingerprint density at radius 3 is 2.47 bits per heavy atom. The highest BCUT2D eigenvalue weighted by Gasteiger charge is 2.09. The number of hydrogen-bond acceptors (Lipinski definition) is 1. The minimum absolute atomic E-state index is 0.120. The SMILES string of the molecule is Cc1cccc(NC(=O)NC(C)CCC(C)C)c1C. The molecule has 0 saturated carbocycles. The monoisotopic (exact) mass is 262 g/mol. The number of aryl methyl sites for hydroxylation is 1. The summed E-state index contributed by atoms with van der Waals surface area (Å²) in [6.45, 7) is 10.5. The van der Waals surface area contributed by atoms with Crippen molar-refractivity contribution in [2.45, 2.75) is 53.5 Å². The van der Waals surface area contributed by atoms with E-state index in [9.17, 15) is 4.79 Å². The van der Waals surface area contributed by atoms with Crippen LogP contribution >= 0.6 is 0 Å². The first-order valence-corrected chi connectivity index (χ1v) is 7.04. The summed E-state index contributed by atoms with van der Waals surface area (Å²) in [7, 11) is 0. The molecule has 3 nitrogen and oxygen atoms in total. The summed E-state index contributed by atoms with van der Waals surface area (Å²) in [5, 5.41) is 5.90. The van der Waals surface area contributed by atoms with Gasteiger partial charge in [0, 0.05) is 11.7 Å². The average Bonchev–Trinajstić information content (AvgIpc) is 2.32. The molecular weight excluding hydrogens is 236 g/mol. The number of hydrogen-bond donors (Lipinski definition) is 2. The lowest BCUT2D eigenvalue weighted by Crippen LogP contribution is -2.36. The van der Waals surface area contributed by atoms with Crippen LogP contribution in [0.25, 0.3) is 0 Å². The predicted octanol–water partition coefficient (Wildman–Crippen LogP) is 4.25. The van der Waals surface area contributed by atoms with E-state index in [1.807, 2.05) is 39.0 Å². The van der Waals surface area contributed by atoms with Gasteiger partial charge in [-0.25, -0.2) is 4.79 Å². The minimum Gasteiger partial charge on any atom is -0.335 e. The molecule has 0 spiro atoms. The van der Waals surface area contributed by atoms with Crippen molar-refractivity contribution in [3.8, 4) is 0 Å². The summed E-state index contributed by atoms with van der Waals surface area (Å²) in [6, 6.07) is 6.02. The van der Waals surface area contributed by atoms with Gasteiger partial charge in [-0.2, -0.15) is 0 Å². The number of carbonyl (C=O) groups excluding carboxylic acids is 1. The molecule has 0 heterocycles. The second-order valence-corrected chi connectivity index (χ2v) is 5.72. The molecular formula is C16H26N2O. The van der Waals surface area contributed by atoms with Crippen molar-refractivity contribution in [2.75, 3.05) is 5.32 Å².